The Labute approximate surface area is 192 Å². The van der Waals surface area contributed by atoms with Gasteiger partial charge >= 0.3 is 0 Å². The maximum Gasteiger partial charge on any atom is 0.244 e. The Bertz CT molecular complexity index is 982. The molecule has 0 spiro atoms. The lowest BCUT2D eigenvalue weighted by atomic mass is 10.1. The van der Waals surface area contributed by atoms with E-state index in [1.54, 1.807) is 36.4 Å². The Morgan fingerprint density at radius 1 is 1.34 bits per heavy atom. The van der Waals surface area contributed by atoms with Gasteiger partial charge < -0.3 is 19.9 Å². The van der Waals surface area contributed by atoms with Crippen LogP contribution in [0.25, 0.3) is 6.08 Å². The van der Waals surface area contributed by atoms with Gasteiger partial charge in [0.15, 0.2) is 0 Å². The number of aliphatic hydroxyl groups excluding tert-OH is 1. The number of nitriles is 1. The van der Waals surface area contributed by atoms with Crippen molar-refractivity contribution in [3.8, 4) is 17.6 Å². The van der Waals surface area contributed by atoms with Crippen molar-refractivity contribution in [2.24, 2.45) is 0 Å². The van der Waals surface area contributed by atoms with Gasteiger partial charge in [-0.3, -0.25) is 9.69 Å². The maximum absolute atomic E-state index is 12.3. The number of carbonyl (C=O) groups is 1. The molecule has 32 heavy (non-hydrogen) atoms. The molecule has 1 saturated heterocycles. The van der Waals surface area contributed by atoms with Crippen LogP contribution in [0.3, 0.4) is 0 Å². The summed E-state index contributed by atoms with van der Waals surface area (Å²) in [4.78, 5) is 14.5. The van der Waals surface area contributed by atoms with E-state index in [4.69, 9.17) is 26.3 Å². The van der Waals surface area contributed by atoms with Crippen LogP contribution in [0.5, 0.6) is 11.5 Å². The van der Waals surface area contributed by atoms with E-state index >= 15 is 0 Å². The van der Waals surface area contributed by atoms with Crippen LogP contribution >= 0.6 is 11.6 Å². The summed E-state index contributed by atoms with van der Waals surface area (Å²) in [6.45, 7) is 2.19. The number of hydrogen-bond donors (Lipinski definition) is 2. The number of halogens is 1. The van der Waals surface area contributed by atoms with E-state index in [2.05, 4.69) is 16.3 Å². The van der Waals surface area contributed by atoms with E-state index < -0.39 is 0 Å². The molecule has 1 atom stereocenters. The molecule has 168 valence electrons. The highest BCUT2D eigenvalue weighted by atomic mass is 35.5. The molecule has 3 rings (SSSR count). The van der Waals surface area contributed by atoms with E-state index in [0.29, 0.717) is 28.3 Å². The predicted octanol–water partition coefficient (Wildman–Crippen LogP) is 2.86. The van der Waals surface area contributed by atoms with Gasteiger partial charge in [0.05, 0.1) is 31.4 Å². The third-order valence-corrected chi connectivity index (χ3v) is 5.43. The fourth-order valence-corrected chi connectivity index (χ4v) is 3.51. The predicted molar refractivity (Wildman–Crippen MR) is 123 cm³/mol. The number of nitrogens with zero attached hydrogens (tertiary/aromatic N) is 2. The first-order valence-corrected chi connectivity index (χ1v) is 10.7. The molecule has 0 saturated carbocycles. The number of carbonyl (C=O) groups excluding carboxylic acids is 1. The Kier molecular flexibility index (Phi) is 8.51. The van der Waals surface area contributed by atoms with Crippen molar-refractivity contribution in [1.82, 2.24) is 10.2 Å². The number of benzene rings is 2. The second kappa shape index (κ2) is 11.5. The van der Waals surface area contributed by atoms with Gasteiger partial charge in [0, 0.05) is 36.3 Å². The molecular weight excluding hydrogens is 430 g/mol. The molecule has 2 N–H and O–H groups in total. The van der Waals surface area contributed by atoms with Crippen LogP contribution in [0.2, 0.25) is 5.02 Å². The van der Waals surface area contributed by atoms with Gasteiger partial charge in [0.1, 0.15) is 17.6 Å². The normalized spacial score (nSPS) is 15.1. The van der Waals surface area contributed by atoms with Crippen LogP contribution in [-0.4, -0.2) is 61.4 Å². The highest BCUT2D eigenvalue weighted by Gasteiger charge is 2.28. The number of hydrogen-bond acceptors (Lipinski definition) is 6. The minimum atomic E-state index is -0.351. The summed E-state index contributed by atoms with van der Waals surface area (Å²) in [5, 5.41) is 22.2. The number of aliphatic hydroxyl groups is 1. The minimum Gasteiger partial charge on any atom is -0.496 e. The molecule has 8 heteroatoms. The molecule has 1 aliphatic heterocycles. The van der Waals surface area contributed by atoms with Gasteiger partial charge in [-0.1, -0.05) is 11.6 Å². The lowest BCUT2D eigenvalue weighted by Crippen LogP contribution is -2.54. The standard InChI is InChI=1S/C24H26ClN3O4/c1-31-23-8-2-17(13-26)12-18(23)3-9-24(30)27-20(16-29)10-11-28-14-22(15-28)32-21-6-4-19(25)5-7-21/h2-9,12,20,22,29H,10-11,14-16H2,1H3,(H,27,30)/t20-/m0/s1. The van der Waals surface area contributed by atoms with Crippen LogP contribution < -0.4 is 14.8 Å². The zero-order chi connectivity index (χ0) is 22.9. The van der Waals surface area contributed by atoms with E-state index in [-0.39, 0.29) is 24.7 Å². The van der Waals surface area contributed by atoms with E-state index in [1.165, 1.54) is 13.2 Å². The second-order valence-electron chi connectivity index (χ2n) is 7.53. The monoisotopic (exact) mass is 455 g/mol. The fraction of sp³-hybridized carbons (Fsp3) is 0.333. The first kappa shape index (κ1) is 23.6. The highest BCUT2D eigenvalue weighted by molar-refractivity contribution is 6.30. The molecule has 0 radical (unpaired) electrons. The molecule has 7 nitrogen and oxygen atoms in total. The van der Waals surface area contributed by atoms with Crippen LogP contribution in [-0.2, 0) is 4.79 Å². The largest absolute Gasteiger partial charge is 0.496 e. The van der Waals surface area contributed by atoms with Crippen LogP contribution in [0.4, 0.5) is 0 Å². The smallest absolute Gasteiger partial charge is 0.244 e. The van der Waals surface area contributed by atoms with Crippen LogP contribution in [0, 0.1) is 11.3 Å². The number of amides is 1. The van der Waals surface area contributed by atoms with Crippen molar-refractivity contribution in [3.05, 3.63) is 64.7 Å². The van der Waals surface area contributed by atoms with Crippen LogP contribution in [0.1, 0.15) is 17.5 Å². The van der Waals surface area contributed by atoms with E-state index in [1.807, 2.05) is 12.1 Å². The average Bonchev–Trinajstić information content (AvgIpc) is 2.79. The van der Waals surface area contributed by atoms with E-state index in [0.717, 1.165) is 25.4 Å². The van der Waals surface area contributed by atoms with Crippen molar-refractivity contribution in [2.45, 2.75) is 18.6 Å². The Balaban J connectivity index is 1.42. The number of nitrogens with one attached hydrogen (secondary N) is 1. The topological polar surface area (TPSA) is 94.8 Å². The zero-order valence-electron chi connectivity index (χ0n) is 17.8. The molecule has 0 bridgehead atoms. The van der Waals surface area contributed by atoms with Gasteiger partial charge in [0.25, 0.3) is 0 Å². The van der Waals surface area contributed by atoms with Gasteiger partial charge in [0.2, 0.25) is 5.91 Å². The number of rotatable bonds is 10. The molecular formula is C24H26ClN3O4. The van der Waals surface area contributed by atoms with Crippen molar-refractivity contribution in [2.75, 3.05) is 33.4 Å². The summed E-state index contributed by atoms with van der Waals surface area (Å²) in [5.41, 5.74) is 1.11. The Morgan fingerprint density at radius 2 is 2.09 bits per heavy atom. The van der Waals surface area contributed by atoms with Crippen molar-refractivity contribution in [1.29, 1.82) is 5.26 Å². The average molecular weight is 456 g/mol. The van der Waals surface area contributed by atoms with E-state index in [9.17, 15) is 9.90 Å². The highest BCUT2D eigenvalue weighted by Crippen LogP contribution is 2.22. The summed E-state index contributed by atoms with van der Waals surface area (Å²) in [7, 11) is 1.53. The molecule has 2 aromatic carbocycles. The van der Waals surface area contributed by atoms with Gasteiger partial charge in [-0.2, -0.15) is 5.26 Å². The van der Waals surface area contributed by atoms with Gasteiger partial charge in [-0.05, 0) is 55.0 Å². The van der Waals surface area contributed by atoms with Crippen molar-refractivity contribution < 1.29 is 19.4 Å². The van der Waals surface area contributed by atoms with Gasteiger partial charge in [-0.15, -0.1) is 0 Å². The summed E-state index contributed by atoms with van der Waals surface area (Å²) in [5.74, 6) is 1.05. The van der Waals surface area contributed by atoms with Crippen molar-refractivity contribution in [3.63, 3.8) is 0 Å². The summed E-state index contributed by atoms with van der Waals surface area (Å²) >= 11 is 5.88. The second-order valence-corrected chi connectivity index (χ2v) is 7.97. The minimum absolute atomic E-state index is 0.125. The van der Waals surface area contributed by atoms with Crippen LogP contribution in [0.15, 0.2) is 48.5 Å². The number of methoxy groups -OCH3 is 1. The molecule has 1 aliphatic rings. The zero-order valence-corrected chi connectivity index (χ0v) is 18.6. The molecule has 2 aromatic rings. The first-order chi connectivity index (χ1) is 15.5. The lowest BCUT2D eigenvalue weighted by molar-refractivity contribution is -0.117. The molecule has 0 unspecified atom stereocenters. The lowest BCUT2D eigenvalue weighted by Gasteiger charge is -2.39. The molecule has 0 aromatic heterocycles. The summed E-state index contributed by atoms with van der Waals surface area (Å²) in [6.07, 6.45) is 3.72. The molecule has 1 heterocycles. The molecule has 1 amide bonds. The quantitative estimate of drug-likeness (QED) is 0.535. The third-order valence-electron chi connectivity index (χ3n) is 5.17. The Hall–Kier alpha value is -3.05. The van der Waals surface area contributed by atoms with Gasteiger partial charge in [-0.25, -0.2) is 0 Å². The maximum atomic E-state index is 12.3. The fourth-order valence-electron chi connectivity index (χ4n) is 3.38. The SMILES string of the molecule is COc1ccc(C#N)cc1C=CC(=O)N[C@H](CO)CCN1CC(Oc2ccc(Cl)cc2)C1. The number of likely N-dealkylation sites (tertiary alicyclic amines) is 1. The summed E-state index contributed by atoms with van der Waals surface area (Å²) < 4.78 is 11.1. The molecule has 1 fully saturated rings. The Morgan fingerprint density at radius 3 is 2.75 bits per heavy atom. The third kappa shape index (κ3) is 6.72. The molecule has 0 aliphatic carbocycles. The summed E-state index contributed by atoms with van der Waals surface area (Å²) in [6, 6.07) is 14.0. The van der Waals surface area contributed by atoms with Crippen molar-refractivity contribution >= 4 is 23.6 Å². The number of ether oxygens (including phenoxy) is 2. The first-order valence-electron chi connectivity index (χ1n) is 10.3.